The fourth-order valence-electron chi connectivity index (χ4n) is 2.16. The van der Waals surface area contributed by atoms with Gasteiger partial charge in [-0.25, -0.2) is 9.37 Å². The van der Waals surface area contributed by atoms with Crippen LogP contribution in [0.25, 0.3) is 0 Å². The first-order chi connectivity index (χ1) is 12.1. The van der Waals surface area contributed by atoms with Crippen molar-refractivity contribution in [3.05, 3.63) is 83.0 Å². The molecule has 0 radical (unpaired) electrons. The van der Waals surface area contributed by atoms with Crippen molar-refractivity contribution in [3.8, 4) is 0 Å². The smallest absolute Gasteiger partial charge is 0.261 e. The molecule has 0 aliphatic carbocycles. The number of hydrogen-bond acceptors (Lipinski definition) is 4. The van der Waals surface area contributed by atoms with E-state index in [1.165, 1.54) is 18.2 Å². The summed E-state index contributed by atoms with van der Waals surface area (Å²) in [6.45, 7) is 0.555. The summed E-state index contributed by atoms with van der Waals surface area (Å²) < 4.78 is 13.7. The molecule has 5 nitrogen and oxygen atoms in total. The van der Waals surface area contributed by atoms with Crippen molar-refractivity contribution in [2.45, 2.75) is 6.54 Å². The number of carbonyl (C=O) groups excluding carboxylic acids is 1. The molecule has 7 heteroatoms. The van der Waals surface area contributed by atoms with Gasteiger partial charge in [0.25, 0.3) is 5.91 Å². The molecule has 2 N–H and O–H groups in total. The number of rotatable bonds is 5. The van der Waals surface area contributed by atoms with Crippen LogP contribution in [0, 0.1) is 5.82 Å². The molecular formula is C18H14ClFN4O. The van der Waals surface area contributed by atoms with Crippen LogP contribution in [0.2, 0.25) is 5.02 Å². The predicted octanol–water partition coefficient (Wildman–Crippen LogP) is 4.13. The van der Waals surface area contributed by atoms with E-state index in [0.29, 0.717) is 12.4 Å². The lowest BCUT2D eigenvalue weighted by molar-refractivity contribution is 0.102. The van der Waals surface area contributed by atoms with Gasteiger partial charge < -0.3 is 10.6 Å². The van der Waals surface area contributed by atoms with E-state index in [1.54, 1.807) is 24.5 Å². The number of benzene rings is 1. The molecule has 0 aliphatic heterocycles. The van der Waals surface area contributed by atoms with Crippen molar-refractivity contribution in [3.63, 3.8) is 0 Å². The molecular weight excluding hydrogens is 343 g/mol. The lowest BCUT2D eigenvalue weighted by Crippen LogP contribution is -2.15. The minimum Gasteiger partial charge on any atom is -0.378 e. The monoisotopic (exact) mass is 356 g/mol. The Morgan fingerprint density at radius 3 is 2.64 bits per heavy atom. The Hall–Kier alpha value is -2.99. The van der Waals surface area contributed by atoms with E-state index in [-0.39, 0.29) is 10.6 Å². The maximum Gasteiger partial charge on any atom is 0.261 e. The highest BCUT2D eigenvalue weighted by atomic mass is 35.5. The van der Waals surface area contributed by atoms with Crippen molar-refractivity contribution in [1.82, 2.24) is 9.97 Å². The van der Waals surface area contributed by atoms with Gasteiger partial charge in [-0.3, -0.25) is 9.78 Å². The lowest BCUT2D eigenvalue weighted by atomic mass is 10.2. The van der Waals surface area contributed by atoms with E-state index in [2.05, 4.69) is 20.6 Å². The Morgan fingerprint density at radius 2 is 1.96 bits per heavy atom. The van der Waals surface area contributed by atoms with Crippen LogP contribution in [0.5, 0.6) is 0 Å². The van der Waals surface area contributed by atoms with E-state index in [9.17, 15) is 9.18 Å². The molecule has 126 valence electrons. The van der Waals surface area contributed by atoms with Crippen LogP contribution >= 0.6 is 11.6 Å². The molecule has 2 aromatic heterocycles. The van der Waals surface area contributed by atoms with Gasteiger partial charge in [0.05, 0.1) is 34.7 Å². The van der Waals surface area contributed by atoms with Gasteiger partial charge in [-0.05, 0) is 36.4 Å². The molecule has 0 saturated carbocycles. The number of nitrogens with zero attached hydrogens (tertiary/aromatic N) is 2. The number of amides is 1. The van der Waals surface area contributed by atoms with Crippen LogP contribution in [-0.4, -0.2) is 15.9 Å². The third kappa shape index (κ3) is 4.30. The Balaban J connectivity index is 1.63. The summed E-state index contributed by atoms with van der Waals surface area (Å²) in [5.41, 5.74) is 1.46. The van der Waals surface area contributed by atoms with Gasteiger partial charge in [-0.15, -0.1) is 0 Å². The second-order valence-electron chi connectivity index (χ2n) is 5.16. The molecule has 3 rings (SSSR count). The summed E-state index contributed by atoms with van der Waals surface area (Å²) in [6, 6.07) is 13.1. The SMILES string of the molecule is O=C(Nc1ccc(NCc2ccccn2)cn1)c1c(F)cccc1Cl. The second-order valence-corrected chi connectivity index (χ2v) is 5.56. The van der Waals surface area contributed by atoms with Gasteiger partial charge in [-0.1, -0.05) is 23.7 Å². The van der Waals surface area contributed by atoms with E-state index in [4.69, 9.17) is 11.6 Å². The van der Waals surface area contributed by atoms with Crippen molar-refractivity contribution >= 4 is 29.0 Å². The van der Waals surface area contributed by atoms with Crippen LogP contribution in [0.4, 0.5) is 15.9 Å². The first-order valence-corrected chi connectivity index (χ1v) is 7.86. The van der Waals surface area contributed by atoms with Gasteiger partial charge in [0.1, 0.15) is 11.6 Å². The molecule has 0 aliphatic rings. The van der Waals surface area contributed by atoms with E-state index >= 15 is 0 Å². The maximum atomic E-state index is 13.7. The highest BCUT2D eigenvalue weighted by Crippen LogP contribution is 2.20. The normalized spacial score (nSPS) is 10.3. The average Bonchev–Trinajstić information content (AvgIpc) is 2.62. The minimum absolute atomic E-state index is 0.0474. The lowest BCUT2D eigenvalue weighted by Gasteiger charge is -2.09. The third-order valence-corrected chi connectivity index (χ3v) is 3.71. The first kappa shape index (κ1) is 16.9. The Kier molecular flexibility index (Phi) is 5.20. The molecule has 1 aromatic carbocycles. The number of pyridine rings is 2. The predicted molar refractivity (Wildman–Crippen MR) is 95.2 cm³/mol. The van der Waals surface area contributed by atoms with Crippen molar-refractivity contribution in [2.24, 2.45) is 0 Å². The van der Waals surface area contributed by atoms with E-state index in [1.807, 2.05) is 18.2 Å². The van der Waals surface area contributed by atoms with Crippen LogP contribution in [0.15, 0.2) is 60.9 Å². The molecule has 0 saturated heterocycles. The van der Waals surface area contributed by atoms with Crippen molar-refractivity contribution in [2.75, 3.05) is 10.6 Å². The Morgan fingerprint density at radius 1 is 1.08 bits per heavy atom. The average molecular weight is 357 g/mol. The molecule has 0 bridgehead atoms. The maximum absolute atomic E-state index is 13.7. The highest BCUT2D eigenvalue weighted by Gasteiger charge is 2.16. The fraction of sp³-hybridized carbons (Fsp3) is 0.0556. The molecule has 0 unspecified atom stereocenters. The molecule has 0 atom stereocenters. The van der Waals surface area contributed by atoms with Crippen LogP contribution in [0.1, 0.15) is 16.1 Å². The van der Waals surface area contributed by atoms with Crippen LogP contribution < -0.4 is 10.6 Å². The number of nitrogens with one attached hydrogen (secondary N) is 2. The minimum atomic E-state index is -0.682. The van der Waals surface area contributed by atoms with E-state index < -0.39 is 11.7 Å². The summed E-state index contributed by atoms with van der Waals surface area (Å²) in [5.74, 6) is -1.03. The fourth-order valence-corrected chi connectivity index (χ4v) is 2.41. The second kappa shape index (κ2) is 7.72. The summed E-state index contributed by atoms with van der Waals surface area (Å²) >= 11 is 5.88. The summed E-state index contributed by atoms with van der Waals surface area (Å²) in [5, 5.41) is 5.75. The summed E-state index contributed by atoms with van der Waals surface area (Å²) in [4.78, 5) is 20.5. The number of halogens is 2. The third-order valence-electron chi connectivity index (χ3n) is 3.39. The van der Waals surface area contributed by atoms with Gasteiger partial charge in [0.2, 0.25) is 0 Å². The van der Waals surface area contributed by atoms with Gasteiger partial charge in [-0.2, -0.15) is 0 Å². The molecule has 0 spiro atoms. The molecule has 0 fully saturated rings. The largest absolute Gasteiger partial charge is 0.378 e. The van der Waals surface area contributed by atoms with Crippen molar-refractivity contribution in [1.29, 1.82) is 0 Å². The zero-order chi connectivity index (χ0) is 17.6. The molecule has 2 heterocycles. The number of carbonyl (C=O) groups is 1. The summed E-state index contributed by atoms with van der Waals surface area (Å²) in [7, 11) is 0. The standard InChI is InChI=1S/C18H14ClFN4O/c19-14-5-3-6-15(20)17(14)18(25)24-16-8-7-13(11-23-16)22-10-12-4-1-2-9-21-12/h1-9,11,22H,10H2,(H,23,24,25). The first-order valence-electron chi connectivity index (χ1n) is 7.48. The molecule has 1 amide bonds. The van der Waals surface area contributed by atoms with Crippen molar-refractivity contribution < 1.29 is 9.18 Å². The Bertz CT molecular complexity index is 852. The van der Waals surface area contributed by atoms with E-state index in [0.717, 1.165) is 11.4 Å². The van der Waals surface area contributed by atoms with Gasteiger partial charge in [0, 0.05) is 6.20 Å². The zero-order valence-corrected chi connectivity index (χ0v) is 13.8. The zero-order valence-electron chi connectivity index (χ0n) is 13.0. The summed E-state index contributed by atoms with van der Waals surface area (Å²) in [6.07, 6.45) is 3.29. The van der Waals surface area contributed by atoms with Crippen LogP contribution in [-0.2, 0) is 6.54 Å². The quantitative estimate of drug-likeness (QED) is 0.721. The number of anilines is 2. The topological polar surface area (TPSA) is 66.9 Å². The molecule has 3 aromatic rings. The van der Waals surface area contributed by atoms with Gasteiger partial charge >= 0.3 is 0 Å². The number of aromatic nitrogens is 2. The van der Waals surface area contributed by atoms with Crippen LogP contribution in [0.3, 0.4) is 0 Å². The van der Waals surface area contributed by atoms with Gasteiger partial charge in [0.15, 0.2) is 0 Å². The highest BCUT2D eigenvalue weighted by molar-refractivity contribution is 6.34. The number of hydrogen-bond donors (Lipinski definition) is 2. The Labute approximate surface area is 148 Å². The molecule has 25 heavy (non-hydrogen) atoms.